The first-order chi connectivity index (χ1) is 13.1. The molecule has 0 fully saturated rings. The number of aromatic nitrogens is 1. The Morgan fingerprint density at radius 2 is 1.89 bits per heavy atom. The average Bonchev–Trinajstić information content (AvgIpc) is 3.09. The second-order valence-electron chi connectivity index (χ2n) is 5.91. The molecule has 7 heteroatoms. The molecule has 3 rings (SSSR count). The SMILES string of the molecule is Cc1ccccc1OCC(=O)NCC(=O)NN=Cc1c[nH]c2ccccc12. The van der Waals surface area contributed by atoms with Crippen LogP contribution in [0.1, 0.15) is 11.1 Å². The van der Waals surface area contributed by atoms with Gasteiger partial charge in [0.15, 0.2) is 6.61 Å². The van der Waals surface area contributed by atoms with E-state index >= 15 is 0 Å². The van der Waals surface area contributed by atoms with Gasteiger partial charge in [-0.3, -0.25) is 9.59 Å². The quantitative estimate of drug-likeness (QED) is 0.443. The molecule has 27 heavy (non-hydrogen) atoms. The number of ether oxygens (including phenoxy) is 1. The summed E-state index contributed by atoms with van der Waals surface area (Å²) in [6.07, 6.45) is 3.37. The van der Waals surface area contributed by atoms with Crippen LogP contribution >= 0.6 is 0 Å². The summed E-state index contributed by atoms with van der Waals surface area (Å²) in [5, 5.41) is 7.42. The van der Waals surface area contributed by atoms with Crippen molar-refractivity contribution in [3.8, 4) is 5.75 Å². The third-order valence-corrected chi connectivity index (χ3v) is 3.91. The summed E-state index contributed by atoms with van der Waals surface area (Å²) < 4.78 is 5.43. The summed E-state index contributed by atoms with van der Waals surface area (Å²) >= 11 is 0. The van der Waals surface area contributed by atoms with Crippen molar-refractivity contribution in [3.05, 3.63) is 65.9 Å². The van der Waals surface area contributed by atoms with Crippen molar-refractivity contribution >= 4 is 28.9 Å². The minimum absolute atomic E-state index is 0.156. The van der Waals surface area contributed by atoms with Gasteiger partial charge in [-0.2, -0.15) is 5.10 Å². The number of fused-ring (bicyclic) bond motifs is 1. The van der Waals surface area contributed by atoms with E-state index < -0.39 is 5.91 Å². The van der Waals surface area contributed by atoms with Gasteiger partial charge in [0.25, 0.3) is 11.8 Å². The molecule has 1 heterocycles. The fourth-order valence-electron chi connectivity index (χ4n) is 2.51. The molecule has 2 aromatic carbocycles. The fourth-order valence-corrected chi connectivity index (χ4v) is 2.51. The fraction of sp³-hybridized carbons (Fsp3) is 0.150. The number of carbonyl (C=O) groups excluding carboxylic acids is 2. The molecule has 3 aromatic rings. The van der Waals surface area contributed by atoms with Gasteiger partial charge in [0.2, 0.25) is 0 Å². The summed E-state index contributed by atoms with van der Waals surface area (Å²) in [4.78, 5) is 26.7. The van der Waals surface area contributed by atoms with E-state index in [1.807, 2.05) is 55.6 Å². The van der Waals surface area contributed by atoms with Gasteiger partial charge >= 0.3 is 0 Å². The van der Waals surface area contributed by atoms with E-state index in [0.717, 1.165) is 22.0 Å². The number of amides is 2. The van der Waals surface area contributed by atoms with E-state index in [1.54, 1.807) is 12.3 Å². The summed E-state index contributed by atoms with van der Waals surface area (Å²) in [6, 6.07) is 15.2. The molecule has 0 atom stereocenters. The van der Waals surface area contributed by atoms with Crippen molar-refractivity contribution < 1.29 is 14.3 Å². The van der Waals surface area contributed by atoms with Crippen LogP contribution < -0.4 is 15.5 Å². The maximum absolute atomic E-state index is 11.8. The zero-order chi connectivity index (χ0) is 19.1. The highest BCUT2D eigenvalue weighted by Crippen LogP contribution is 2.16. The smallest absolute Gasteiger partial charge is 0.259 e. The van der Waals surface area contributed by atoms with Crippen molar-refractivity contribution in [3.63, 3.8) is 0 Å². The topological polar surface area (TPSA) is 95.6 Å². The lowest BCUT2D eigenvalue weighted by Crippen LogP contribution is -2.37. The summed E-state index contributed by atoms with van der Waals surface area (Å²) in [6.45, 7) is 1.56. The number of H-pyrrole nitrogens is 1. The predicted octanol–water partition coefficient (Wildman–Crippen LogP) is 2.12. The first kappa shape index (κ1) is 18.2. The number of aryl methyl sites for hydroxylation is 1. The zero-order valence-corrected chi connectivity index (χ0v) is 14.9. The zero-order valence-electron chi connectivity index (χ0n) is 14.9. The van der Waals surface area contributed by atoms with Gasteiger partial charge in [-0.05, 0) is 24.6 Å². The lowest BCUT2D eigenvalue weighted by molar-refractivity contribution is -0.127. The van der Waals surface area contributed by atoms with Crippen LogP contribution in [0.15, 0.2) is 59.8 Å². The number of para-hydroxylation sites is 2. The van der Waals surface area contributed by atoms with E-state index in [0.29, 0.717) is 5.75 Å². The van der Waals surface area contributed by atoms with Gasteiger partial charge in [0.1, 0.15) is 5.75 Å². The van der Waals surface area contributed by atoms with E-state index in [2.05, 4.69) is 20.8 Å². The highest BCUT2D eigenvalue weighted by Gasteiger charge is 2.07. The summed E-state index contributed by atoms with van der Waals surface area (Å²) in [7, 11) is 0. The number of aromatic amines is 1. The number of benzene rings is 2. The number of nitrogens with zero attached hydrogens (tertiary/aromatic N) is 1. The first-order valence-corrected chi connectivity index (χ1v) is 8.46. The van der Waals surface area contributed by atoms with Crippen LogP contribution in [-0.2, 0) is 9.59 Å². The van der Waals surface area contributed by atoms with Crippen molar-refractivity contribution in [2.45, 2.75) is 6.92 Å². The Bertz CT molecular complexity index is 978. The monoisotopic (exact) mass is 364 g/mol. The van der Waals surface area contributed by atoms with Crippen LogP contribution in [0.4, 0.5) is 0 Å². The van der Waals surface area contributed by atoms with Crippen molar-refractivity contribution in [2.24, 2.45) is 5.10 Å². The van der Waals surface area contributed by atoms with Crippen LogP contribution in [0, 0.1) is 6.92 Å². The molecular weight excluding hydrogens is 344 g/mol. The normalized spacial score (nSPS) is 10.9. The number of hydrazone groups is 1. The van der Waals surface area contributed by atoms with Crippen molar-refractivity contribution in [2.75, 3.05) is 13.2 Å². The summed E-state index contributed by atoms with van der Waals surface area (Å²) in [5.74, 6) is -0.162. The Balaban J connectivity index is 1.41. The molecule has 0 saturated heterocycles. The van der Waals surface area contributed by atoms with E-state index in [1.165, 1.54) is 0 Å². The minimum atomic E-state index is -0.421. The van der Waals surface area contributed by atoms with Gasteiger partial charge < -0.3 is 15.0 Å². The number of carbonyl (C=O) groups is 2. The Hall–Kier alpha value is -3.61. The molecule has 0 bridgehead atoms. The van der Waals surface area contributed by atoms with Crippen LogP contribution in [0.2, 0.25) is 0 Å². The largest absolute Gasteiger partial charge is 0.484 e. The molecule has 7 nitrogen and oxygen atoms in total. The van der Waals surface area contributed by atoms with E-state index in [9.17, 15) is 9.59 Å². The van der Waals surface area contributed by atoms with E-state index in [-0.39, 0.29) is 19.1 Å². The van der Waals surface area contributed by atoms with Crippen LogP contribution in [-0.4, -0.2) is 36.2 Å². The summed E-state index contributed by atoms with van der Waals surface area (Å²) in [5.41, 5.74) is 5.18. The highest BCUT2D eigenvalue weighted by atomic mass is 16.5. The van der Waals surface area contributed by atoms with Gasteiger partial charge in [0, 0.05) is 22.7 Å². The number of nitrogens with one attached hydrogen (secondary N) is 3. The van der Waals surface area contributed by atoms with Gasteiger partial charge in [0.05, 0.1) is 12.8 Å². The lowest BCUT2D eigenvalue weighted by Gasteiger charge is -2.08. The van der Waals surface area contributed by atoms with Crippen LogP contribution in [0.5, 0.6) is 5.75 Å². The Kier molecular flexibility index (Phi) is 5.84. The standard InChI is InChI=1S/C20H20N4O3/c1-14-6-2-5-9-18(14)27-13-20(26)22-12-19(25)24-23-11-15-10-21-17-8-4-3-7-16(15)17/h2-11,21H,12-13H2,1H3,(H,22,26)(H,24,25). The molecule has 2 amide bonds. The molecule has 0 unspecified atom stereocenters. The molecule has 3 N–H and O–H groups in total. The molecule has 0 spiro atoms. The second kappa shape index (κ2) is 8.66. The lowest BCUT2D eigenvalue weighted by atomic mass is 10.2. The molecule has 0 radical (unpaired) electrons. The van der Waals surface area contributed by atoms with Crippen molar-refractivity contribution in [1.29, 1.82) is 0 Å². The maximum atomic E-state index is 11.8. The highest BCUT2D eigenvalue weighted by molar-refractivity contribution is 5.99. The predicted molar refractivity (Wildman–Crippen MR) is 104 cm³/mol. The second-order valence-corrected chi connectivity index (χ2v) is 5.91. The molecule has 1 aromatic heterocycles. The molecule has 0 aliphatic carbocycles. The third-order valence-electron chi connectivity index (χ3n) is 3.91. The first-order valence-electron chi connectivity index (χ1n) is 8.46. The molecule has 0 aliphatic rings. The van der Waals surface area contributed by atoms with Crippen molar-refractivity contribution in [1.82, 2.24) is 15.7 Å². The molecule has 0 saturated carbocycles. The minimum Gasteiger partial charge on any atom is -0.484 e. The number of rotatable bonds is 7. The third kappa shape index (κ3) is 4.94. The van der Waals surface area contributed by atoms with Crippen LogP contribution in [0.3, 0.4) is 0 Å². The van der Waals surface area contributed by atoms with Crippen LogP contribution in [0.25, 0.3) is 10.9 Å². The van der Waals surface area contributed by atoms with Gasteiger partial charge in [-0.1, -0.05) is 36.4 Å². The van der Waals surface area contributed by atoms with Gasteiger partial charge in [-0.25, -0.2) is 5.43 Å². The maximum Gasteiger partial charge on any atom is 0.259 e. The molecular formula is C20H20N4O3. The number of hydrogen-bond donors (Lipinski definition) is 3. The van der Waals surface area contributed by atoms with Gasteiger partial charge in [-0.15, -0.1) is 0 Å². The number of hydrogen-bond acceptors (Lipinski definition) is 4. The van der Waals surface area contributed by atoms with E-state index in [4.69, 9.17) is 4.74 Å². The molecule has 0 aliphatic heterocycles. The average molecular weight is 364 g/mol. The Labute approximate surface area is 156 Å². The Morgan fingerprint density at radius 3 is 2.74 bits per heavy atom. The Morgan fingerprint density at radius 1 is 1.11 bits per heavy atom. The molecule has 138 valence electrons.